The first-order valence-corrected chi connectivity index (χ1v) is 9.89. The molecular formula is C22H20F4N4O2. The van der Waals surface area contributed by atoms with E-state index < -0.39 is 17.6 Å². The molecule has 2 N–H and O–H groups in total. The molecule has 0 unspecified atom stereocenters. The van der Waals surface area contributed by atoms with Crippen molar-refractivity contribution in [1.29, 1.82) is 0 Å². The molecule has 0 saturated carbocycles. The van der Waals surface area contributed by atoms with Crippen molar-refractivity contribution in [3.8, 4) is 5.88 Å². The van der Waals surface area contributed by atoms with Gasteiger partial charge in [-0.2, -0.15) is 13.2 Å². The maximum absolute atomic E-state index is 13.8. The van der Waals surface area contributed by atoms with Crippen molar-refractivity contribution in [1.82, 2.24) is 9.88 Å². The SMILES string of the molecule is CC(=O)N1CCN(c2ccc(N=Cc3c(O)[nH]c4cc(F)ccc34)cc2C(F)(F)F)CC1. The Kier molecular flexibility index (Phi) is 5.53. The molecule has 168 valence electrons. The summed E-state index contributed by atoms with van der Waals surface area (Å²) < 4.78 is 54.7. The zero-order chi connectivity index (χ0) is 23.0. The Hall–Kier alpha value is -3.56. The number of carbonyl (C=O) groups is 1. The molecule has 2 aromatic carbocycles. The molecular weight excluding hydrogens is 428 g/mol. The van der Waals surface area contributed by atoms with Crippen molar-refractivity contribution in [2.75, 3.05) is 31.1 Å². The van der Waals surface area contributed by atoms with Crippen LogP contribution in [0.15, 0.2) is 41.4 Å². The molecule has 0 aliphatic carbocycles. The van der Waals surface area contributed by atoms with Crippen LogP contribution in [-0.2, 0) is 11.0 Å². The Morgan fingerprint density at radius 3 is 2.50 bits per heavy atom. The fourth-order valence-electron chi connectivity index (χ4n) is 3.82. The lowest BCUT2D eigenvalue weighted by molar-refractivity contribution is -0.137. The van der Waals surface area contributed by atoms with E-state index in [1.54, 1.807) is 9.80 Å². The van der Waals surface area contributed by atoms with Crippen LogP contribution >= 0.6 is 0 Å². The minimum atomic E-state index is -4.60. The van der Waals surface area contributed by atoms with E-state index in [-0.39, 0.29) is 28.7 Å². The molecule has 0 bridgehead atoms. The van der Waals surface area contributed by atoms with Gasteiger partial charge in [0.2, 0.25) is 5.91 Å². The Bertz CT molecular complexity index is 1190. The van der Waals surface area contributed by atoms with Gasteiger partial charge in [0.25, 0.3) is 0 Å². The predicted octanol–water partition coefficient (Wildman–Crippen LogP) is 4.45. The van der Waals surface area contributed by atoms with Gasteiger partial charge in [-0.1, -0.05) is 0 Å². The maximum atomic E-state index is 13.8. The van der Waals surface area contributed by atoms with Crippen LogP contribution in [0.2, 0.25) is 0 Å². The molecule has 3 aromatic rings. The van der Waals surface area contributed by atoms with Crippen LogP contribution in [0.1, 0.15) is 18.1 Å². The summed E-state index contributed by atoms with van der Waals surface area (Å²) in [5.74, 6) is -0.851. The van der Waals surface area contributed by atoms with Crippen molar-refractivity contribution < 1.29 is 27.5 Å². The summed E-state index contributed by atoms with van der Waals surface area (Å²) >= 11 is 0. The molecule has 1 saturated heterocycles. The minimum absolute atomic E-state index is 0.0325. The lowest BCUT2D eigenvalue weighted by Gasteiger charge is -2.36. The number of alkyl halides is 3. The van der Waals surface area contributed by atoms with Gasteiger partial charge in [-0.05, 0) is 36.4 Å². The van der Waals surface area contributed by atoms with Gasteiger partial charge >= 0.3 is 6.18 Å². The maximum Gasteiger partial charge on any atom is 0.418 e. The number of benzene rings is 2. The van der Waals surface area contributed by atoms with Crippen molar-refractivity contribution in [3.05, 3.63) is 53.3 Å². The van der Waals surface area contributed by atoms with Gasteiger partial charge in [-0.25, -0.2) is 4.39 Å². The van der Waals surface area contributed by atoms with Crippen LogP contribution in [0.25, 0.3) is 10.9 Å². The number of aromatic hydroxyl groups is 1. The van der Waals surface area contributed by atoms with Crippen LogP contribution in [0.3, 0.4) is 0 Å². The molecule has 6 nitrogen and oxygen atoms in total. The number of H-pyrrole nitrogens is 1. The van der Waals surface area contributed by atoms with Gasteiger partial charge in [0.15, 0.2) is 5.88 Å². The van der Waals surface area contributed by atoms with Crippen LogP contribution in [0.4, 0.5) is 28.9 Å². The Morgan fingerprint density at radius 1 is 1.12 bits per heavy atom. The molecule has 1 amide bonds. The Labute approximate surface area is 180 Å². The van der Waals surface area contributed by atoms with E-state index in [2.05, 4.69) is 9.98 Å². The highest BCUT2D eigenvalue weighted by molar-refractivity contribution is 6.02. The van der Waals surface area contributed by atoms with E-state index in [1.165, 1.54) is 43.5 Å². The molecule has 0 spiro atoms. The number of amides is 1. The zero-order valence-corrected chi connectivity index (χ0v) is 17.1. The van der Waals surface area contributed by atoms with Gasteiger partial charge in [0.05, 0.1) is 22.3 Å². The second-order valence-electron chi connectivity index (χ2n) is 7.53. The number of anilines is 1. The van der Waals surface area contributed by atoms with Crippen molar-refractivity contribution in [2.45, 2.75) is 13.1 Å². The van der Waals surface area contributed by atoms with Crippen LogP contribution in [-0.4, -0.2) is 53.3 Å². The fraction of sp³-hybridized carbons (Fsp3) is 0.273. The number of aromatic amines is 1. The van der Waals surface area contributed by atoms with Crippen molar-refractivity contribution in [3.63, 3.8) is 0 Å². The fourth-order valence-corrected chi connectivity index (χ4v) is 3.82. The third-order valence-corrected chi connectivity index (χ3v) is 5.47. The quantitative estimate of drug-likeness (QED) is 0.459. The van der Waals surface area contributed by atoms with Gasteiger partial charge in [-0.15, -0.1) is 0 Å². The number of hydrogen-bond acceptors (Lipinski definition) is 4. The summed E-state index contributed by atoms with van der Waals surface area (Å²) in [6, 6.07) is 7.65. The average molecular weight is 448 g/mol. The molecule has 1 fully saturated rings. The number of aliphatic imine (C=N–C) groups is 1. The number of halogens is 4. The number of nitrogens with zero attached hydrogens (tertiary/aromatic N) is 3. The number of piperazine rings is 1. The number of aromatic nitrogens is 1. The van der Waals surface area contributed by atoms with Gasteiger partial charge in [0, 0.05) is 50.4 Å². The first-order valence-electron chi connectivity index (χ1n) is 9.89. The molecule has 1 aromatic heterocycles. The molecule has 1 aliphatic heterocycles. The van der Waals surface area contributed by atoms with E-state index in [0.717, 1.165) is 6.07 Å². The normalized spacial score (nSPS) is 15.2. The molecule has 2 heterocycles. The van der Waals surface area contributed by atoms with Crippen LogP contribution in [0.5, 0.6) is 5.88 Å². The third-order valence-electron chi connectivity index (χ3n) is 5.47. The number of nitrogens with one attached hydrogen (secondary N) is 1. The number of fused-ring (bicyclic) bond motifs is 1. The summed E-state index contributed by atoms with van der Waals surface area (Å²) in [4.78, 5) is 21.4. The van der Waals surface area contributed by atoms with Crippen molar-refractivity contribution in [2.24, 2.45) is 4.99 Å². The monoisotopic (exact) mass is 448 g/mol. The number of rotatable bonds is 3. The highest BCUT2D eigenvalue weighted by Crippen LogP contribution is 2.39. The van der Waals surface area contributed by atoms with Crippen LogP contribution in [0, 0.1) is 5.82 Å². The van der Waals surface area contributed by atoms with E-state index in [1.807, 2.05) is 0 Å². The third kappa shape index (κ3) is 4.25. The topological polar surface area (TPSA) is 71.9 Å². The molecule has 0 radical (unpaired) electrons. The van der Waals surface area contributed by atoms with E-state index in [4.69, 9.17) is 0 Å². The second kappa shape index (κ2) is 8.18. The van der Waals surface area contributed by atoms with Crippen molar-refractivity contribution >= 4 is 34.4 Å². The standard InChI is InChI=1S/C22H20F4N4O2/c1-13(31)29-6-8-30(9-7-29)20-5-3-15(11-18(20)22(24,25)26)27-12-17-16-4-2-14(23)10-19(16)28-21(17)32/h2-5,10-12,28,32H,6-9H2,1H3. The highest BCUT2D eigenvalue weighted by Gasteiger charge is 2.36. The summed E-state index contributed by atoms with van der Waals surface area (Å²) in [6.07, 6.45) is -3.36. The molecule has 1 aliphatic rings. The lowest BCUT2D eigenvalue weighted by atomic mass is 10.1. The second-order valence-corrected chi connectivity index (χ2v) is 7.53. The van der Waals surface area contributed by atoms with E-state index in [9.17, 15) is 27.5 Å². The highest BCUT2D eigenvalue weighted by atomic mass is 19.4. The molecule has 32 heavy (non-hydrogen) atoms. The minimum Gasteiger partial charge on any atom is -0.494 e. The van der Waals surface area contributed by atoms with E-state index >= 15 is 0 Å². The summed E-state index contributed by atoms with van der Waals surface area (Å²) in [5, 5.41) is 10.6. The van der Waals surface area contributed by atoms with E-state index in [0.29, 0.717) is 37.1 Å². The molecule has 0 atom stereocenters. The molecule has 10 heteroatoms. The predicted molar refractivity (Wildman–Crippen MR) is 113 cm³/mol. The van der Waals surface area contributed by atoms with Gasteiger partial charge < -0.3 is 19.9 Å². The number of carbonyl (C=O) groups excluding carboxylic acids is 1. The smallest absolute Gasteiger partial charge is 0.418 e. The molecule has 4 rings (SSSR count). The van der Waals surface area contributed by atoms with Gasteiger partial charge in [-0.3, -0.25) is 9.79 Å². The zero-order valence-electron chi connectivity index (χ0n) is 17.1. The summed E-state index contributed by atoms with van der Waals surface area (Å²) in [7, 11) is 0. The Morgan fingerprint density at radius 2 is 1.84 bits per heavy atom. The number of hydrogen-bond donors (Lipinski definition) is 2. The summed E-state index contributed by atoms with van der Waals surface area (Å²) in [6.45, 7) is 2.74. The first kappa shape index (κ1) is 21.7. The summed E-state index contributed by atoms with van der Waals surface area (Å²) in [5.41, 5.74) is -0.143. The first-order chi connectivity index (χ1) is 15.1. The van der Waals surface area contributed by atoms with Gasteiger partial charge in [0.1, 0.15) is 5.82 Å². The average Bonchev–Trinajstić information content (AvgIpc) is 3.05. The Balaban J connectivity index is 1.64. The van der Waals surface area contributed by atoms with Crippen LogP contribution < -0.4 is 4.90 Å². The lowest BCUT2D eigenvalue weighted by Crippen LogP contribution is -2.48. The largest absolute Gasteiger partial charge is 0.494 e.